The van der Waals surface area contributed by atoms with Crippen LogP contribution in [0.4, 0.5) is 5.69 Å². The number of benzene rings is 2. The third-order valence-electron chi connectivity index (χ3n) is 2.21. The van der Waals surface area contributed by atoms with Crippen LogP contribution in [0.2, 0.25) is 0 Å². The molecule has 0 bridgehead atoms. The number of para-hydroxylation sites is 1. The zero-order chi connectivity index (χ0) is 13.7. The molecule has 2 rings (SSSR count). The Morgan fingerprint density at radius 3 is 2.00 bits per heavy atom. The first-order chi connectivity index (χ1) is 9.04. The highest BCUT2D eigenvalue weighted by atomic mass is 31.2. The van der Waals surface area contributed by atoms with Crippen molar-refractivity contribution in [3.05, 3.63) is 66.2 Å². The van der Waals surface area contributed by atoms with Gasteiger partial charge in [0, 0.05) is 5.56 Å². The standard InChI is InChI=1S/C13H12NO4P/c15-19(16,17)18-13(11-7-3-1-4-8-11)14-12-9-5-2-6-10-12/h1-10H,(H2,15,16,17). The van der Waals surface area contributed by atoms with Gasteiger partial charge in [-0.25, -0.2) is 9.56 Å². The molecule has 0 spiro atoms. The molecule has 2 aromatic rings. The molecule has 0 atom stereocenters. The fourth-order valence-electron chi connectivity index (χ4n) is 1.45. The van der Waals surface area contributed by atoms with E-state index in [4.69, 9.17) is 9.79 Å². The molecule has 0 aliphatic rings. The van der Waals surface area contributed by atoms with E-state index >= 15 is 0 Å². The minimum atomic E-state index is -4.66. The Labute approximate surface area is 110 Å². The summed E-state index contributed by atoms with van der Waals surface area (Å²) in [5, 5.41) is 0. The Morgan fingerprint density at radius 2 is 1.47 bits per heavy atom. The van der Waals surface area contributed by atoms with Crippen LogP contribution in [-0.2, 0) is 9.09 Å². The molecule has 19 heavy (non-hydrogen) atoms. The van der Waals surface area contributed by atoms with Crippen LogP contribution < -0.4 is 0 Å². The van der Waals surface area contributed by atoms with E-state index in [0.29, 0.717) is 11.3 Å². The molecule has 98 valence electrons. The molecule has 0 fully saturated rings. The van der Waals surface area contributed by atoms with Crippen molar-refractivity contribution in [3.63, 3.8) is 0 Å². The molecule has 0 heterocycles. The van der Waals surface area contributed by atoms with E-state index in [9.17, 15) is 4.57 Å². The maximum atomic E-state index is 11.0. The summed E-state index contributed by atoms with van der Waals surface area (Å²) >= 11 is 0. The molecule has 2 aromatic carbocycles. The van der Waals surface area contributed by atoms with Crippen molar-refractivity contribution in [3.8, 4) is 0 Å². The first kappa shape index (κ1) is 13.5. The fourth-order valence-corrected chi connectivity index (χ4v) is 1.82. The van der Waals surface area contributed by atoms with Gasteiger partial charge in [0.25, 0.3) is 0 Å². The van der Waals surface area contributed by atoms with Gasteiger partial charge in [0.1, 0.15) is 0 Å². The molecule has 0 aromatic heterocycles. The molecular weight excluding hydrogens is 265 g/mol. The number of phosphoric ester groups is 1. The number of rotatable bonds is 3. The highest BCUT2D eigenvalue weighted by molar-refractivity contribution is 7.47. The van der Waals surface area contributed by atoms with Crippen molar-refractivity contribution in [1.82, 2.24) is 0 Å². The topological polar surface area (TPSA) is 79.1 Å². The molecule has 0 saturated carbocycles. The van der Waals surface area contributed by atoms with E-state index in [1.165, 1.54) is 0 Å². The van der Waals surface area contributed by atoms with Crippen LogP contribution in [0.3, 0.4) is 0 Å². The van der Waals surface area contributed by atoms with Gasteiger partial charge in [-0.3, -0.25) is 9.79 Å². The van der Waals surface area contributed by atoms with E-state index in [2.05, 4.69) is 9.52 Å². The average Bonchev–Trinajstić information content (AvgIpc) is 2.39. The van der Waals surface area contributed by atoms with E-state index in [1.54, 1.807) is 54.6 Å². The van der Waals surface area contributed by atoms with Crippen LogP contribution in [0.25, 0.3) is 0 Å². The molecule has 5 nitrogen and oxygen atoms in total. The minimum absolute atomic E-state index is 0.111. The Kier molecular flexibility index (Phi) is 4.12. The molecule has 6 heteroatoms. The second kappa shape index (κ2) is 5.80. The summed E-state index contributed by atoms with van der Waals surface area (Å²) in [6.07, 6.45) is 0. The van der Waals surface area contributed by atoms with Crippen molar-refractivity contribution in [2.75, 3.05) is 0 Å². The van der Waals surface area contributed by atoms with Gasteiger partial charge in [0.05, 0.1) is 5.69 Å². The molecule has 0 unspecified atom stereocenters. The Balaban J connectivity index is 2.41. The second-order valence-electron chi connectivity index (χ2n) is 3.70. The number of hydrogen-bond acceptors (Lipinski definition) is 3. The molecule has 0 saturated heterocycles. The maximum absolute atomic E-state index is 11.0. The van der Waals surface area contributed by atoms with Crippen molar-refractivity contribution in [2.24, 2.45) is 4.99 Å². The predicted octanol–water partition coefficient (Wildman–Crippen LogP) is 2.87. The fraction of sp³-hybridized carbons (Fsp3) is 0. The highest BCUT2D eigenvalue weighted by Crippen LogP contribution is 2.37. The summed E-state index contributed by atoms with van der Waals surface area (Å²) < 4.78 is 15.6. The first-order valence-electron chi connectivity index (χ1n) is 5.49. The summed E-state index contributed by atoms with van der Waals surface area (Å²) in [6.45, 7) is 0. The van der Waals surface area contributed by atoms with Crippen LogP contribution in [0.1, 0.15) is 5.56 Å². The molecular formula is C13H12NO4P. The molecule has 0 amide bonds. The molecule has 2 N–H and O–H groups in total. The van der Waals surface area contributed by atoms with Crippen LogP contribution in [0.15, 0.2) is 65.7 Å². The van der Waals surface area contributed by atoms with Crippen LogP contribution >= 0.6 is 7.82 Å². The normalized spacial score (nSPS) is 12.2. The monoisotopic (exact) mass is 277 g/mol. The van der Waals surface area contributed by atoms with Crippen molar-refractivity contribution < 1.29 is 18.9 Å². The molecule has 0 aliphatic carbocycles. The minimum Gasteiger partial charge on any atom is -0.385 e. The van der Waals surface area contributed by atoms with Gasteiger partial charge in [-0.2, -0.15) is 0 Å². The van der Waals surface area contributed by atoms with Gasteiger partial charge in [-0.15, -0.1) is 0 Å². The third kappa shape index (κ3) is 4.34. The number of nitrogens with zero attached hydrogens (tertiary/aromatic N) is 1. The van der Waals surface area contributed by atoms with Gasteiger partial charge in [0.15, 0.2) is 0 Å². The molecule has 0 aliphatic heterocycles. The highest BCUT2D eigenvalue weighted by Gasteiger charge is 2.20. The van der Waals surface area contributed by atoms with Gasteiger partial charge in [-0.05, 0) is 24.3 Å². The largest absolute Gasteiger partial charge is 0.526 e. The second-order valence-corrected chi connectivity index (χ2v) is 4.86. The van der Waals surface area contributed by atoms with E-state index in [-0.39, 0.29) is 5.90 Å². The van der Waals surface area contributed by atoms with Crippen molar-refractivity contribution in [1.29, 1.82) is 0 Å². The number of aliphatic imine (C=N–C) groups is 1. The van der Waals surface area contributed by atoms with E-state index in [1.807, 2.05) is 6.07 Å². The Morgan fingerprint density at radius 1 is 0.947 bits per heavy atom. The van der Waals surface area contributed by atoms with Crippen molar-refractivity contribution >= 4 is 19.4 Å². The lowest BCUT2D eigenvalue weighted by Gasteiger charge is -2.09. The summed E-state index contributed by atoms with van der Waals surface area (Å²) in [5.74, 6) is -0.111. The van der Waals surface area contributed by atoms with Gasteiger partial charge in [-0.1, -0.05) is 36.4 Å². The van der Waals surface area contributed by atoms with Crippen LogP contribution in [0.5, 0.6) is 0 Å². The molecule has 0 radical (unpaired) electrons. The Bertz CT molecular complexity index is 607. The van der Waals surface area contributed by atoms with Crippen LogP contribution in [-0.4, -0.2) is 15.7 Å². The van der Waals surface area contributed by atoms with Gasteiger partial charge >= 0.3 is 7.82 Å². The van der Waals surface area contributed by atoms with Gasteiger partial charge in [0.2, 0.25) is 5.90 Å². The smallest absolute Gasteiger partial charge is 0.385 e. The Hall–Kier alpha value is -1.94. The lowest BCUT2D eigenvalue weighted by molar-refractivity contribution is 0.279. The average molecular weight is 277 g/mol. The summed E-state index contributed by atoms with van der Waals surface area (Å²) in [4.78, 5) is 22.0. The number of hydrogen-bond donors (Lipinski definition) is 2. The van der Waals surface area contributed by atoms with Gasteiger partial charge < -0.3 is 4.52 Å². The zero-order valence-corrected chi connectivity index (χ0v) is 10.8. The third-order valence-corrected chi connectivity index (χ3v) is 2.62. The quantitative estimate of drug-likeness (QED) is 0.513. The summed E-state index contributed by atoms with van der Waals surface area (Å²) in [6, 6.07) is 17.4. The predicted molar refractivity (Wildman–Crippen MR) is 72.2 cm³/mol. The lowest BCUT2D eigenvalue weighted by Crippen LogP contribution is -2.04. The van der Waals surface area contributed by atoms with E-state index < -0.39 is 7.82 Å². The summed E-state index contributed by atoms with van der Waals surface area (Å²) in [7, 11) is -4.66. The lowest BCUT2D eigenvalue weighted by atomic mass is 10.2. The maximum Gasteiger partial charge on any atom is 0.526 e. The van der Waals surface area contributed by atoms with Crippen LogP contribution in [0, 0.1) is 0 Å². The SMILES string of the molecule is O=P(O)(O)OC(=Nc1ccccc1)c1ccccc1. The van der Waals surface area contributed by atoms with Crippen molar-refractivity contribution in [2.45, 2.75) is 0 Å². The van der Waals surface area contributed by atoms with E-state index in [0.717, 1.165) is 0 Å². The first-order valence-corrected chi connectivity index (χ1v) is 7.02. The zero-order valence-electron chi connectivity index (χ0n) is 9.88. The number of phosphoric acid groups is 1. The summed E-state index contributed by atoms with van der Waals surface area (Å²) in [5.41, 5.74) is 1.05.